The highest BCUT2D eigenvalue weighted by Crippen LogP contribution is 2.74. The van der Waals surface area contributed by atoms with E-state index in [2.05, 4.69) is 13.2 Å². The molecule has 0 saturated heterocycles. The van der Waals surface area contributed by atoms with Crippen LogP contribution in [0.3, 0.4) is 0 Å². The molecule has 5 rings (SSSR count). The van der Waals surface area contributed by atoms with E-state index in [0.29, 0.717) is 36.8 Å². The minimum atomic E-state index is -4.18. The lowest BCUT2D eigenvalue weighted by atomic mass is 9.68. The summed E-state index contributed by atoms with van der Waals surface area (Å²) in [6.45, 7) is 15.2. The average Bonchev–Trinajstić information content (AvgIpc) is 3.35. The molecular formula is C28H36N2O6S2. The maximum atomic E-state index is 14.3. The molecule has 8 nitrogen and oxygen atoms in total. The number of hydrogen-bond acceptors (Lipinski definition) is 6. The van der Waals surface area contributed by atoms with Gasteiger partial charge < -0.3 is 0 Å². The highest BCUT2D eigenvalue weighted by molar-refractivity contribution is 7.93. The Morgan fingerprint density at radius 2 is 1.05 bits per heavy atom. The molecule has 4 N–H and O–H groups in total. The molecule has 4 aliphatic carbocycles. The second-order valence-corrected chi connectivity index (χ2v) is 16.0. The van der Waals surface area contributed by atoms with Gasteiger partial charge in [0.1, 0.15) is 0 Å². The molecule has 0 amide bonds. The number of nitrogens with two attached hydrogens (primary N) is 2. The molecule has 0 spiro atoms. The molecular weight excluding hydrogens is 524 g/mol. The van der Waals surface area contributed by atoms with Crippen molar-refractivity contribution < 1.29 is 26.4 Å². The van der Waals surface area contributed by atoms with Crippen LogP contribution in [0.1, 0.15) is 76.3 Å². The van der Waals surface area contributed by atoms with Gasteiger partial charge in [-0.05, 0) is 59.5 Å². The van der Waals surface area contributed by atoms with Gasteiger partial charge in [-0.15, -0.1) is 0 Å². The van der Waals surface area contributed by atoms with E-state index in [1.807, 2.05) is 52.0 Å². The van der Waals surface area contributed by atoms with Gasteiger partial charge in [0.2, 0.25) is 20.0 Å². The first kappa shape index (κ1) is 27.4. The lowest BCUT2D eigenvalue weighted by Gasteiger charge is -2.37. The van der Waals surface area contributed by atoms with Crippen molar-refractivity contribution in [2.24, 2.45) is 43.8 Å². The van der Waals surface area contributed by atoms with E-state index in [-0.39, 0.29) is 33.2 Å². The van der Waals surface area contributed by atoms with Crippen LogP contribution in [0.15, 0.2) is 47.2 Å². The molecule has 4 fully saturated rings. The fourth-order valence-corrected chi connectivity index (χ4v) is 11.1. The Labute approximate surface area is 225 Å². The van der Waals surface area contributed by atoms with Gasteiger partial charge in [0.25, 0.3) is 0 Å². The van der Waals surface area contributed by atoms with Crippen LogP contribution in [0.5, 0.6) is 0 Å². The summed E-state index contributed by atoms with van der Waals surface area (Å²) in [6.07, 6.45) is 1.94. The zero-order valence-electron chi connectivity index (χ0n) is 22.3. The molecule has 0 aliphatic heterocycles. The maximum absolute atomic E-state index is 14.3. The van der Waals surface area contributed by atoms with Crippen molar-refractivity contribution in [3.8, 4) is 0 Å². The van der Waals surface area contributed by atoms with Crippen LogP contribution in [0.4, 0.5) is 0 Å². The van der Waals surface area contributed by atoms with E-state index < -0.39 is 53.5 Å². The van der Waals surface area contributed by atoms with Crippen molar-refractivity contribution in [2.75, 3.05) is 0 Å². The van der Waals surface area contributed by atoms with Gasteiger partial charge in [-0.3, -0.25) is 9.59 Å². The topological polar surface area (TPSA) is 154 Å². The van der Waals surface area contributed by atoms with Crippen molar-refractivity contribution in [1.29, 1.82) is 0 Å². The summed E-state index contributed by atoms with van der Waals surface area (Å²) >= 11 is 0. The van der Waals surface area contributed by atoms with Gasteiger partial charge in [0.05, 0.1) is 20.6 Å². The Morgan fingerprint density at radius 1 is 0.737 bits per heavy atom. The largest absolute Gasteiger partial charge is 0.298 e. The zero-order valence-corrected chi connectivity index (χ0v) is 23.9. The number of primary sulfonamides is 2. The number of carbonyl (C=O) groups is 2. The Balaban J connectivity index is 1.66. The molecule has 4 aliphatic rings. The number of carbonyl (C=O) groups excluding carboxylic acids is 2. The Bertz CT molecular complexity index is 1430. The maximum Gasteiger partial charge on any atom is 0.234 e. The highest BCUT2D eigenvalue weighted by Gasteiger charge is 2.73. The molecule has 6 unspecified atom stereocenters. The minimum Gasteiger partial charge on any atom is -0.298 e. The second kappa shape index (κ2) is 7.74. The van der Waals surface area contributed by atoms with Crippen LogP contribution in [-0.2, 0) is 29.6 Å². The average molecular weight is 561 g/mol. The molecule has 38 heavy (non-hydrogen) atoms. The van der Waals surface area contributed by atoms with Crippen LogP contribution in [0, 0.1) is 33.5 Å². The van der Waals surface area contributed by atoms with Crippen LogP contribution in [0.25, 0.3) is 0 Å². The van der Waals surface area contributed by atoms with E-state index in [0.717, 1.165) is 0 Å². The minimum absolute atomic E-state index is 0.176. The normalized spacial score (nSPS) is 37.1. The van der Waals surface area contributed by atoms with Gasteiger partial charge in [0, 0.05) is 11.8 Å². The predicted molar refractivity (Wildman–Crippen MR) is 144 cm³/mol. The Morgan fingerprint density at radius 3 is 1.34 bits per heavy atom. The quantitative estimate of drug-likeness (QED) is 0.543. The number of ketones is 2. The number of sulfonamides is 2. The Hall–Kier alpha value is -2.14. The van der Waals surface area contributed by atoms with E-state index in [1.165, 1.54) is 0 Å². The third-order valence-electron chi connectivity index (χ3n) is 11.2. The number of Topliss-reactive ketones (excluding diaryl/α,β-unsaturated/α-hetero) is 2. The fraction of sp³-hybridized carbons (Fsp3) is 0.571. The van der Waals surface area contributed by atoms with E-state index in [9.17, 15) is 26.4 Å². The van der Waals surface area contributed by atoms with Crippen LogP contribution in [0.2, 0.25) is 0 Å². The van der Waals surface area contributed by atoms with E-state index in [4.69, 9.17) is 10.3 Å². The molecule has 0 aromatic heterocycles. The summed E-state index contributed by atoms with van der Waals surface area (Å²) in [5.41, 5.74) is -2.68. The fourth-order valence-electron chi connectivity index (χ4n) is 9.24. The number of fused-ring (bicyclic) bond motifs is 4. The summed E-state index contributed by atoms with van der Waals surface area (Å²) < 4.78 is 49.8. The summed E-state index contributed by atoms with van der Waals surface area (Å²) in [4.78, 5) is 28.0. The first-order chi connectivity index (χ1) is 17.3. The van der Waals surface area contributed by atoms with Crippen LogP contribution >= 0.6 is 0 Å². The number of benzene rings is 1. The lowest BCUT2D eigenvalue weighted by molar-refractivity contribution is -0.129. The smallest absolute Gasteiger partial charge is 0.234 e. The van der Waals surface area contributed by atoms with Crippen LogP contribution in [-0.4, -0.2) is 28.4 Å². The van der Waals surface area contributed by atoms with E-state index in [1.54, 1.807) is 0 Å². The van der Waals surface area contributed by atoms with Crippen molar-refractivity contribution in [1.82, 2.24) is 0 Å². The third-order valence-corrected chi connectivity index (χ3v) is 13.3. The van der Waals surface area contributed by atoms with E-state index >= 15 is 0 Å². The molecule has 10 heteroatoms. The number of allylic oxidation sites excluding steroid dienone is 2. The van der Waals surface area contributed by atoms with Gasteiger partial charge >= 0.3 is 0 Å². The summed E-state index contributed by atoms with van der Waals surface area (Å²) in [5, 5.41) is 11.0. The highest BCUT2D eigenvalue weighted by atomic mass is 32.2. The first-order valence-electron chi connectivity index (χ1n) is 12.9. The summed E-state index contributed by atoms with van der Waals surface area (Å²) in [7, 11) is -8.35. The molecule has 1 aromatic carbocycles. The van der Waals surface area contributed by atoms with Crippen molar-refractivity contribution in [3.05, 3.63) is 58.4 Å². The summed E-state index contributed by atoms with van der Waals surface area (Å²) in [6, 6.07) is 7.31. The van der Waals surface area contributed by atoms with Crippen molar-refractivity contribution in [3.63, 3.8) is 0 Å². The van der Waals surface area contributed by atoms with Crippen molar-refractivity contribution in [2.45, 2.75) is 65.2 Å². The number of rotatable bonds is 6. The molecule has 4 bridgehead atoms. The predicted octanol–water partition coefficient (Wildman–Crippen LogP) is 3.47. The van der Waals surface area contributed by atoms with Crippen molar-refractivity contribution >= 4 is 31.6 Å². The van der Waals surface area contributed by atoms with Gasteiger partial charge in [-0.2, -0.15) is 0 Å². The third kappa shape index (κ3) is 2.97. The molecule has 0 heterocycles. The standard InChI is InChI=1S/C28H36N2O6S2/c1-15(37(29,33)34)27-13-11-19(25(27,3)4)21(23(27)31)17-9-7-8-10-18(17)22-20-12-14-28(24(22)32,26(20,5)6)16(2)38(30,35)36/h7-10,19-22H,1-2,11-14H2,3-6H3,(H2,29,33,34)(H2,30,35,36). The molecule has 0 radical (unpaired) electrons. The molecule has 6 atom stereocenters. The van der Waals surface area contributed by atoms with Crippen LogP contribution < -0.4 is 10.3 Å². The first-order valence-corrected chi connectivity index (χ1v) is 16.0. The lowest BCUT2D eigenvalue weighted by Crippen LogP contribution is -2.42. The Kier molecular flexibility index (Phi) is 5.59. The molecule has 4 saturated carbocycles. The second-order valence-electron chi connectivity index (χ2n) is 12.8. The van der Waals surface area contributed by atoms with Gasteiger partial charge in [-0.25, -0.2) is 27.1 Å². The SMILES string of the molecule is C=C(C12CCC(C(c3ccccc3C3C(=O)C4(C(=C)S(N)(=O)=O)CCC3C4(C)C)C1=O)C2(C)C)S(N)(=O)=O. The summed E-state index contributed by atoms with van der Waals surface area (Å²) in [5.74, 6) is -2.09. The van der Waals surface area contributed by atoms with Gasteiger partial charge in [0.15, 0.2) is 11.6 Å². The molecule has 1 aromatic rings. The van der Waals surface area contributed by atoms with Gasteiger partial charge in [-0.1, -0.05) is 65.1 Å². The zero-order chi connectivity index (χ0) is 28.4. The number of hydrogen-bond donors (Lipinski definition) is 2. The monoisotopic (exact) mass is 560 g/mol. The molecule has 206 valence electrons.